The molecule has 3 aromatic rings. The molecular weight excluding hydrogens is 388 g/mol. The molecule has 2 heterocycles. The normalized spacial score (nSPS) is 22.7. The van der Waals surface area contributed by atoms with Crippen molar-refractivity contribution in [1.29, 1.82) is 0 Å². The van der Waals surface area contributed by atoms with E-state index >= 15 is 0 Å². The summed E-state index contributed by atoms with van der Waals surface area (Å²) in [6.45, 7) is 1.67. The number of hydrogen-bond donors (Lipinski definition) is 1. The topological polar surface area (TPSA) is 94.5 Å². The molecule has 1 aliphatic heterocycles. The van der Waals surface area contributed by atoms with Crippen LogP contribution >= 0.6 is 0 Å². The van der Waals surface area contributed by atoms with E-state index < -0.39 is 32.5 Å². The molecule has 9 heteroatoms. The van der Waals surface area contributed by atoms with Crippen LogP contribution in [0.1, 0.15) is 24.9 Å². The molecule has 0 amide bonds. The Morgan fingerprint density at radius 1 is 1.07 bits per heavy atom. The van der Waals surface area contributed by atoms with Crippen LogP contribution in [0, 0.1) is 0 Å². The van der Waals surface area contributed by atoms with Gasteiger partial charge in [0.25, 0.3) is 10.0 Å². The molecule has 2 unspecified atom stereocenters. The molecule has 0 spiro atoms. The number of aromatic nitrogens is 1. The van der Waals surface area contributed by atoms with Crippen molar-refractivity contribution in [3.8, 4) is 0 Å². The Morgan fingerprint density at radius 3 is 2.44 bits per heavy atom. The van der Waals surface area contributed by atoms with Crippen LogP contribution in [0.3, 0.4) is 0 Å². The van der Waals surface area contributed by atoms with Crippen LogP contribution in [0.25, 0.3) is 10.9 Å². The number of nitrogens with zero attached hydrogens (tertiary/aromatic N) is 1. The standard InChI is InChI=1S/C18H18N2O5S2/c1-13-11-17(19-27(23,24)25-13)16-12-20(18-10-6-5-9-15(16)18)26(21,22)14-7-3-2-4-8-14/h2-10,12-13,17,19H,11H2,1H3. The van der Waals surface area contributed by atoms with E-state index in [1.807, 2.05) is 0 Å². The van der Waals surface area contributed by atoms with Crippen LogP contribution in [0.4, 0.5) is 0 Å². The Morgan fingerprint density at radius 2 is 1.74 bits per heavy atom. The summed E-state index contributed by atoms with van der Waals surface area (Å²) in [6, 6.07) is 14.6. The highest BCUT2D eigenvalue weighted by molar-refractivity contribution is 7.90. The summed E-state index contributed by atoms with van der Waals surface area (Å²) in [5, 5.41) is 0.679. The summed E-state index contributed by atoms with van der Waals surface area (Å²) in [4.78, 5) is 0.165. The molecule has 2 atom stereocenters. The fourth-order valence-electron chi connectivity index (χ4n) is 3.39. The summed E-state index contributed by atoms with van der Waals surface area (Å²) in [6.07, 6.45) is 1.39. The lowest BCUT2D eigenvalue weighted by Crippen LogP contribution is -2.39. The highest BCUT2D eigenvalue weighted by Gasteiger charge is 2.33. The number of hydrogen-bond acceptors (Lipinski definition) is 5. The van der Waals surface area contributed by atoms with E-state index in [1.54, 1.807) is 49.4 Å². The molecule has 4 rings (SSSR count). The lowest BCUT2D eigenvalue weighted by molar-refractivity contribution is 0.174. The van der Waals surface area contributed by atoms with Crippen molar-refractivity contribution >= 4 is 31.2 Å². The molecule has 1 aliphatic rings. The van der Waals surface area contributed by atoms with Crippen LogP contribution in [0.15, 0.2) is 65.7 Å². The fourth-order valence-corrected chi connectivity index (χ4v) is 5.92. The Balaban J connectivity index is 1.90. The van der Waals surface area contributed by atoms with E-state index in [-0.39, 0.29) is 4.90 Å². The highest BCUT2D eigenvalue weighted by Crippen LogP contribution is 2.34. The molecule has 1 fully saturated rings. The zero-order chi connectivity index (χ0) is 19.2. The van der Waals surface area contributed by atoms with E-state index in [0.29, 0.717) is 22.9 Å². The van der Waals surface area contributed by atoms with E-state index in [0.717, 1.165) is 0 Å². The third kappa shape index (κ3) is 3.27. The molecule has 1 saturated heterocycles. The van der Waals surface area contributed by atoms with E-state index in [4.69, 9.17) is 4.18 Å². The lowest BCUT2D eigenvalue weighted by atomic mass is 10.0. The van der Waals surface area contributed by atoms with Crippen LogP contribution in [0.5, 0.6) is 0 Å². The van der Waals surface area contributed by atoms with Gasteiger partial charge in [-0.3, -0.25) is 4.18 Å². The van der Waals surface area contributed by atoms with Crippen molar-refractivity contribution in [2.24, 2.45) is 0 Å². The van der Waals surface area contributed by atoms with Gasteiger partial charge in [0, 0.05) is 11.6 Å². The second-order valence-corrected chi connectivity index (χ2v) is 9.63. The van der Waals surface area contributed by atoms with Gasteiger partial charge in [-0.05, 0) is 37.1 Å². The van der Waals surface area contributed by atoms with E-state index in [9.17, 15) is 16.8 Å². The molecule has 142 valence electrons. The quantitative estimate of drug-likeness (QED) is 0.721. The first-order valence-corrected chi connectivity index (χ1v) is 11.2. The van der Waals surface area contributed by atoms with Gasteiger partial charge < -0.3 is 0 Å². The van der Waals surface area contributed by atoms with Crippen molar-refractivity contribution in [3.05, 3.63) is 66.4 Å². The van der Waals surface area contributed by atoms with Crippen LogP contribution < -0.4 is 4.72 Å². The van der Waals surface area contributed by atoms with Crippen LogP contribution in [-0.4, -0.2) is 26.9 Å². The highest BCUT2D eigenvalue weighted by atomic mass is 32.2. The molecule has 27 heavy (non-hydrogen) atoms. The van der Waals surface area contributed by atoms with Crippen molar-refractivity contribution in [2.75, 3.05) is 0 Å². The van der Waals surface area contributed by atoms with Crippen molar-refractivity contribution < 1.29 is 21.0 Å². The molecule has 0 aliphatic carbocycles. The Kier molecular flexibility index (Phi) is 4.34. The molecule has 0 bridgehead atoms. The van der Waals surface area contributed by atoms with Gasteiger partial charge in [0.1, 0.15) is 0 Å². The molecular formula is C18H18N2O5S2. The minimum absolute atomic E-state index is 0.165. The van der Waals surface area contributed by atoms with Gasteiger partial charge in [-0.2, -0.15) is 13.1 Å². The van der Waals surface area contributed by atoms with Gasteiger partial charge in [0.2, 0.25) is 0 Å². The minimum atomic E-state index is -3.88. The van der Waals surface area contributed by atoms with Gasteiger partial charge in [0.05, 0.1) is 22.6 Å². The van der Waals surface area contributed by atoms with Gasteiger partial charge >= 0.3 is 10.3 Å². The maximum Gasteiger partial charge on any atom is 0.336 e. The molecule has 1 aromatic heterocycles. The fraction of sp³-hybridized carbons (Fsp3) is 0.222. The van der Waals surface area contributed by atoms with E-state index in [2.05, 4.69) is 4.72 Å². The summed E-state index contributed by atoms with van der Waals surface area (Å²) in [5.74, 6) is 0. The average Bonchev–Trinajstić information content (AvgIpc) is 3.01. The number of para-hydroxylation sites is 1. The summed E-state index contributed by atoms with van der Waals surface area (Å²) < 4.78 is 58.8. The first-order valence-electron chi connectivity index (χ1n) is 8.39. The molecule has 7 nitrogen and oxygen atoms in total. The monoisotopic (exact) mass is 406 g/mol. The second-order valence-electron chi connectivity index (χ2n) is 6.48. The van der Waals surface area contributed by atoms with E-state index in [1.165, 1.54) is 22.3 Å². The third-order valence-corrected chi connectivity index (χ3v) is 7.37. The first kappa shape index (κ1) is 18.2. The largest absolute Gasteiger partial charge is 0.336 e. The first-order chi connectivity index (χ1) is 12.8. The number of rotatable bonds is 3. The second kappa shape index (κ2) is 6.45. The van der Waals surface area contributed by atoms with Crippen molar-refractivity contribution in [2.45, 2.75) is 30.4 Å². The van der Waals surface area contributed by atoms with Crippen molar-refractivity contribution in [1.82, 2.24) is 8.69 Å². The Hall–Kier alpha value is -2.20. The summed E-state index contributed by atoms with van der Waals surface area (Å²) in [5.41, 5.74) is 1.10. The minimum Gasteiger partial charge on any atom is -0.255 e. The maximum absolute atomic E-state index is 13.1. The molecule has 2 aromatic carbocycles. The third-order valence-electron chi connectivity index (χ3n) is 4.53. The SMILES string of the molecule is CC1CC(c2cn(S(=O)(=O)c3ccccc3)c3ccccc23)NS(=O)(=O)O1. The summed E-state index contributed by atoms with van der Waals surface area (Å²) in [7, 11) is -7.70. The molecule has 1 N–H and O–H groups in total. The Labute approximate surface area is 157 Å². The smallest absolute Gasteiger partial charge is 0.255 e. The maximum atomic E-state index is 13.1. The molecule has 0 saturated carbocycles. The van der Waals surface area contributed by atoms with Gasteiger partial charge in [-0.15, -0.1) is 0 Å². The Bertz CT molecular complexity index is 1200. The number of fused-ring (bicyclic) bond motifs is 1. The number of benzene rings is 2. The molecule has 0 radical (unpaired) electrons. The van der Waals surface area contributed by atoms with Crippen LogP contribution in [0.2, 0.25) is 0 Å². The van der Waals surface area contributed by atoms with Crippen LogP contribution in [-0.2, 0) is 24.5 Å². The van der Waals surface area contributed by atoms with Gasteiger partial charge in [-0.1, -0.05) is 36.4 Å². The summed E-state index contributed by atoms with van der Waals surface area (Å²) >= 11 is 0. The average molecular weight is 406 g/mol. The zero-order valence-electron chi connectivity index (χ0n) is 14.4. The van der Waals surface area contributed by atoms with Crippen molar-refractivity contribution in [3.63, 3.8) is 0 Å². The van der Waals surface area contributed by atoms with Gasteiger partial charge in [0.15, 0.2) is 0 Å². The van der Waals surface area contributed by atoms with Gasteiger partial charge in [-0.25, -0.2) is 12.4 Å². The predicted octanol–water partition coefficient (Wildman–Crippen LogP) is 2.56. The number of nitrogens with one attached hydrogen (secondary N) is 1. The zero-order valence-corrected chi connectivity index (χ0v) is 16.1. The predicted molar refractivity (Wildman–Crippen MR) is 101 cm³/mol. The lowest BCUT2D eigenvalue weighted by Gasteiger charge is -2.27.